The minimum atomic E-state index is 0.133. The van der Waals surface area contributed by atoms with Gasteiger partial charge in [0, 0.05) is 11.6 Å². The molecule has 16 heavy (non-hydrogen) atoms. The van der Waals surface area contributed by atoms with Crippen molar-refractivity contribution in [1.82, 2.24) is 4.90 Å². The molecule has 1 unspecified atom stereocenters. The molecule has 0 amide bonds. The van der Waals surface area contributed by atoms with Crippen molar-refractivity contribution in [3.05, 3.63) is 29.8 Å². The molecule has 0 aliphatic carbocycles. The lowest BCUT2D eigenvalue weighted by molar-refractivity contribution is 0.0926. The molecule has 3 nitrogen and oxygen atoms in total. The molecule has 1 N–H and O–H groups in total. The van der Waals surface area contributed by atoms with Gasteiger partial charge in [0.15, 0.2) is 5.78 Å². The van der Waals surface area contributed by atoms with Crippen molar-refractivity contribution >= 4 is 5.78 Å². The van der Waals surface area contributed by atoms with Crippen molar-refractivity contribution < 1.29 is 9.90 Å². The van der Waals surface area contributed by atoms with Gasteiger partial charge in [0.25, 0.3) is 0 Å². The summed E-state index contributed by atoms with van der Waals surface area (Å²) >= 11 is 0. The lowest BCUT2D eigenvalue weighted by Gasteiger charge is -2.19. The van der Waals surface area contributed by atoms with E-state index in [2.05, 4.69) is 11.8 Å². The Balaban J connectivity index is 2.00. The van der Waals surface area contributed by atoms with Gasteiger partial charge in [0.2, 0.25) is 0 Å². The molecule has 0 saturated carbocycles. The van der Waals surface area contributed by atoms with Crippen LogP contribution in [0, 0.1) is 0 Å². The van der Waals surface area contributed by atoms with Crippen molar-refractivity contribution in [2.24, 2.45) is 0 Å². The number of phenols is 1. The van der Waals surface area contributed by atoms with E-state index in [1.54, 1.807) is 24.3 Å². The molecule has 1 aliphatic heterocycles. The van der Waals surface area contributed by atoms with Crippen LogP contribution in [0.3, 0.4) is 0 Å². The van der Waals surface area contributed by atoms with Crippen LogP contribution < -0.4 is 0 Å². The highest BCUT2D eigenvalue weighted by Gasteiger charge is 2.22. The number of phenolic OH excluding ortho intramolecular Hbond substituents is 1. The normalized spacial score (nSPS) is 21.2. The summed E-state index contributed by atoms with van der Waals surface area (Å²) in [4.78, 5) is 14.2. The standard InChI is InChI=1S/C13H17NO2/c1-10-3-2-8-14(10)9-13(16)11-4-6-12(15)7-5-11/h4-7,10,15H,2-3,8-9H2,1H3. The number of nitrogens with zero attached hydrogens (tertiary/aromatic N) is 1. The highest BCUT2D eigenvalue weighted by atomic mass is 16.3. The molecule has 1 heterocycles. The first-order chi connectivity index (χ1) is 7.66. The number of carbonyl (C=O) groups excluding carboxylic acids is 1. The van der Waals surface area contributed by atoms with Gasteiger partial charge in [-0.05, 0) is 50.6 Å². The van der Waals surface area contributed by atoms with Crippen LogP contribution in [0.4, 0.5) is 0 Å². The predicted molar refractivity (Wildman–Crippen MR) is 62.7 cm³/mol. The second kappa shape index (κ2) is 4.66. The summed E-state index contributed by atoms with van der Waals surface area (Å²) < 4.78 is 0. The molecular weight excluding hydrogens is 202 g/mol. The average Bonchev–Trinajstić information content (AvgIpc) is 2.65. The van der Waals surface area contributed by atoms with Gasteiger partial charge in [-0.25, -0.2) is 0 Å². The van der Waals surface area contributed by atoms with Crippen molar-refractivity contribution in [3.63, 3.8) is 0 Å². The fourth-order valence-corrected chi connectivity index (χ4v) is 2.15. The zero-order chi connectivity index (χ0) is 11.5. The van der Waals surface area contributed by atoms with E-state index in [1.165, 1.54) is 12.8 Å². The number of aromatic hydroxyl groups is 1. The Kier molecular flexibility index (Phi) is 3.25. The first-order valence-corrected chi connectivity index (χ1v) is 5.73. The second-order valence-corrected chi connectivity index (χ2v) is 4.43. The van der Waals surface area contributed by atoms with Crippen molar-refractivity contribution in [2.45, 2.75) is 25.8 Å². The first kappa shape index (κ1) is 11.1. The van der Waals surface area contributed by atoms with E-state index in [4.69, 9.17) is 5.11 Å². The minimum Gasteiger partial charge on any atom is -0.508 e. The van der Waals surface area contributed by atoms with Gasteiger partial charge in [-0.2, -0.15) is 0 Å². The lowest BCUT2D eigenvalue weighted by Crippen LogP contribution is -2.32. The van der Waals surface area contributed by atoms with Crippen molar-refractivity contribution in [1.29, 1.82) is 0 Å². The maximum Gasteiger partial charge on any atom is 0.176 e. The molecule has 0 radical (unpaired) electrons. The van der Waals surface area contributed by atoms with Crippen LogP contribution in [0.5, 0.6) is 5.75 Å². The van der Waals surface area contributed by atoms with Crippen LogP contribution in [0.2, 0.25) is 0 Å². The molecule has 1 aromatic carbocycles. The summed E-state index contributed by atoms with van der Waals surface area (Å²) in [5.41, 5.74) is 0.678. The van der Waals surface area contributed by atoms with E-state index in [0.29, 0.717) is 18.2 Å². The van der Waals surface area contributed by atoms with Crippen LogP contribution in [0.15, 0.2) is 24.3 Å². The number of rotatable bonds is 3. The largest absolute Gasteiger partial charge is 0.508 e. The highest BCUT2D eigenvalue weighted by molar-refractivity contribution is 5.97. The Morgan fingerprint density at radius 1 is 1.44 bits per heavy atom. The topological polar surface area (TPSA) is 40.5 Å². The Bertz CT molecular complexity index is 372. The van der Waals surface area contributed by atoms with E-state index in [0.717, 1.165) is 6.54 Å². The van der Waals surface area contributed by atoms with Gasteiger partial charge in [-0.15, -0.1) is 0 Å². The third-order valence-corrected chi connectivity index (χ3v) is 3.23. The molecule has 0 bridgehead atoms. The van der Waals surface area contributed by atoms with Crippen molar-refractivity contribution in [3.8, 4) is 5.75 Å². The smallest absolute Gasteiger partial charge is 0.176 e. The molecular formula is C13H17NO2. The number of Topliss-reactive ketones (excluding diaryl/α,β-unsaturated/α-hetero) is 1. The SMILES string of the molecule is CC1CCCN1CC(=O)c1ccc(O)cc1. The molecule has 0 spiro atoms. The highest BCUT2D eigenvalue weighted by Crippen LogP contribution is 2.17. The molecule has 1 atom stereocenters. The van der Waals surface area contributed by atoms with E-state index in [1.807, 2.05) is 0 Å². The quantitative estimate of drug-likeness (QED) is 0.791. The summed E-state index contributed by atoms with van der Waals surface area (Å²) in [6, 6.07) is 6.99. The third kappa shape index (κ3) is 2.42. The number of hydrogen-bond acceptors (Lipinski definition) is 3. The van der Waals surface area contributed by atoms with Crippen LogP contribution in [-0.2, 0) is 0 Å². The monoisotopic (exact) mass is 219 g/mol. The molecule has 3 heteroatoms. The van der Waals surface area contributed by atoms with E-state index >= 15 is 0 Å². The van der Waals surface area contributed by atoms with Crippen LogP contribution in [0.25, 0.3) is 0 Å². The predicted octanol–water partition coefficient (Wildman–Crippen LogP) is 2.06. The van der Waals surface area contributed by atoms with Crippen LogP contribution in [0.1, 0.15) is 30.1 Å². The summed E-state index contributed by atoms with van der Waals surface area (Å²) in [5.74, 6) is 0.333. The zero-order valence-corrected chi connectivity index (χ0v) is 9.52. The van der Waals surface area contributed by atoms with E-state index < -0.39 is 0 Å². The lowest BCUT2D eigenvalue weighted by atomic mass is 10.1. The second-order valence-electron chi connectivity index (χ2n) is 4.43. The maximum atomic E-state index is 11.9. The van der Waals surface area contributed by atoms with Crippen LogP contribution in [-0.4, -0.2) is 34.9 Å². The molecule has 1 aromatic rings. The summed E-state index contributed by atoms with van der Waals surface area (Å²) in [7, 11) is 0. The number of ketones is 1. The maximum absolute atomic E-state index is 11.9. The molecule has 1 fully saturated rings. The molecule has 2 rings (SSSR count). The Morgan fingerprint density at radius 3 is 2.69 bits per heavy atom. The molecule has 0 aromatic heterocycles. The number of hydrogen-bond donors (Lipinski definition) is 1. The Labute approximate surface area is 95.7 Å². The van der Waals surface area contributed by atoms with Gasteiger partial charge in [0.1, 0.15) is 5.75 Å². The number of carbonyl (C=O) groups is 1. The molecule has 86 valence electrons. The minimum absolute atomic E-state index is 0.133. The van der Waals surface area contributed by atoms with E-state index in [9.17, 15) is 4.79 Å². The Morgan fingerprint density at radius 2 is 2.12 bits per heavy atom. The summed E-state index contributed by atoms with van der Waals surface area (Å²) in [6.07, 6.45) is 2.37. The van der Waals surface area contributed by atoms with Gasteiger partial charge in [-0.3, -0.25) is 9.69 Å². The molecule has 1 aliphatic rings. The van der Waals surface area contributed by atoms with Gasteiger partial charge in [0.05, 0.1) is 6.54 Å². The van der Waals surface area contributed by atoms with Crippen LogP contribution >= 0.6 is 0 Å². The summed E-state index contributed by atoms with van der Waals surface area (Å²) in [6.45, 7) is 3.67. The number of benzene rings is 1. The fraction of sp³-hybridized carbons (Fsp3) is 0.462. The van der Waals surface area contributed by atoms with Gasteiger partial charge >= 0.3 is 0 Å². The first-order valence-electron chi connectivity index (χ1n) is 5.73. The van der Waals surface area contributed by atoms with Crippen molar-refractivity contribution in [2.75, 3.05) is 13.1 Å². The molecule has 1 saturated heterocycles. The number of likely N-dealkylation sites (tertiary alicyclic amines) is 1. The van der Waals surface area contributed by atoms with E-state index in [-0.39, 0.29) is 11.5 Å². The fourth-order valence-electron chi connectivity index (χ4n) is 2.15. The Hall–Kier alpha value is -1.35. The van der Waals surface area contributed by atoms with Gasteiger partial charge < -0.3 is 5.11 Å². The average molecular weight is 219 g/mol. The van der Waals surface area contributed by atoms with Gasteiger partial charge in [-0.1, -0.05) is 0 Å². The third-order valence-electron chi connectivity index (χ3n) is 3.23. The zero-order valence-electron chi connectivity index (χ0n) is 9.52. The summed E-state index contributed by atoms with van der Waals surface area (Å²) in [5, 5.41) is 9.14.